The highest BCUT2D eigenvalue weighted by atomic mass is 16.4. The van der Waals surface area contributed by atoms with Gasteiger partial charge >= 0.3 is 11.9 Å². The molecule has 0 bridgehead atoms. The van der Waals surface area contributed by atoms with Crippen molar-refractivity contribution in [3.05, 3.63) is 36.0 Å². The third kappa shape index (κ3) is 3.10. The predicted molar refractivity (Wildman–Crippen MR) is 67.6 cm³/mol. The highest BCUT2D eigenvalue weighted by Gasteiger charge is 2.04. The molecular weight excluding hydrogens is 234 g/mol. The summed E-state index contributed by atoms with van der Waals surface area (Å²) in [5, 5.41) is 16.1. The van der Waals surface area contributed by atoms with Crippen molar-refractivity contribution in [1.82, 2.24) is 4.57 Å². The van der Waals surface area contributed by atoms with Gasteiger partial charge in [-0.2, -0.15) is 0 Å². The van der Waals surface area contributed by atoms with E-state index < -0.39 is 11.9 Å². The first kappa shape index (κ1) is 13.8. The molecule has 0 radical (unpaired) electrons. The van der Waals surface area contributed by atoms with Gasteiger partial charge in [0.25, 0.3) is 0 Å². The fraction of sp³-hybridized carbons (Fsp3) is 0.231. The number of aryl methyl sites for hydroxylation is 2. The molecule has 0 saturated heterocycles. The van der Waals surface area contributed by atoms with Crippen molar-refractivity contribution in [3.63, 3.8) is 0 Å². The van der Waals surface area contributed by atoms with Gasteiger partial charge in [0.1, 0.15) is 0 Å². The number of fused-ring (bicyclic) bond motifs is 1. The first-order valence-electron chi connectivity index (χ1n) is 5.47. The lowest BCUT2D eigenvalue weighted by atomic mass is 10.2. The highest BCUT2D eigenvalue weighted by molar-refractivity contribution is 6.27. The zero-order chi connectivity index (χ0) is 13.7. The minimum absolute atomic E-state index is 1.10. The van der Waals surface area contributed by atoms with E-state index in [1.807, 2.05) is 0 Å². The molecule has 2 rings (SSSR count). The summed E-state index contributed by atoms with van der Waals surface area (Å²) in [6.07, 6.45) is 1.10. The van der Waals surface area contributed by atoms with Crippen molar-refractivity contribution < 1.29 is 19.8 Å². The summed E-state index contributed by atoms with van der Waals surface area (Å²) in [5.74, 6) is -3.65. The normalized spacial score (nSPS) is 9.67. The molecule has 0 fully saturated rings. The molecule has 0 atom stereocenters. The van der Waals surface area contributed by atoms with Crippen LogP contribution in [0.2, 0.25) is 0 Å². The Morgan fingerprint density at radius 2 is 1.72 bits per heavy atom. The maximum Gasteiger partial charge on any atom is 0.414 e. The number of benzene rings is 1. The topological polar surface area (TPSA) is 79.5 Å². The molecule has 2 aromatic rings. The highest BCUT2D eigenvalue weighted by Crippen LogP contribution is 2.18. The molecule has 5 nitrogen and oxygen atoms in total. The molecule has 1 heterocycles. The number of carboxylic acid groups (broad SMARTS) is 2. The Morgan fingerprint density at radius 1 is 1.17 bits per heavy atom. The number of aliphatic carboxylic acids is 2. The van der Waals surface area contributed by atoms with Crippen LogP contribution in [0.25, 0.3) is 10.9 Å². The monoisotopic (exact) mass is 249 g/mol. The van der Waals surface area contributed by atoms with Gasteiger partial charge in [0.2, 0.25) is 0 Å². The first-order valence-corrected chi connectivity index (χ1v) is 5.47. The zero-order valence-corrected chi connectivity index (χ0v) is 10.3. The van der Waals surface area contributed by atoms with Crippen molar-refractivity contribution in [2.45, 2.75) is 13.3 Å². The SMILES string of the molecule is CCc1cc2ccccc2n1C.O=C(O)C(=O)O. The smallest absolute Gasteiger partial charge is 0.414 e. The van der Waals surface area contributed by atoms with Crippen molar-refractivity contribution in [1.29, 1.82) is 0 Å². The van der Waals surface area contributed by atoms with Crippen LogP contribution in [0, 0.1) is 0 Å². The number of carbonyl (C=O) groups is 2. The van der Waals surface area contributed by atoms with Crippen LogP contribution in [0.15, 0.2) is 30.3 Å². The minimum atomic E-state index is -1.82. The Hall–Kier alpha value is -2.30. The van der Waals surface area contributed by atoms with Crippen molar-refractivity contribution >= 4 is 22.8 Å². The average Bonchev–Trinajstić information content (AvgIpc) is 2.67. The standard InChI is InChI=1S/C11H13N.C2H2O4/c1-3-10-8-9-6-4-5-7-11(9)12(10)2;3-1(4)2(5)6/h4-8H,3H2,1-2H3;(H,3,4)(H,5,6). The van der Waals surface area contributed by atoms with Gasteiger partial charge in [-0.1, -0.05) is 25.1 Å². The minimum Gasteiger partial charge on any atom is -0.473 e. The first-order chi connectivity index (χ1) is 8.47. The number of para-hydroxylation sites is 1. The van der Waals surface area contributed by atoms with E-state index in [9.17, 15) is 0 Å². The van der Waals surface area contributed by atoms with Crippen LogP contribution in [-0.4, -0.2) is 26.7 Å². The van der Waals surface area contributed by atoms with Crippen LogP contribution >= 0.6 is 0 Å². The number of hydrogen-bond donors (Lipinski definition) is 2. The van der Waals surface area contributed by atoms with Crippen LogP contribution < -0.4 is 0 Å². The van der Waals surface area contributed by atoms with Gasteiger partial charge in [0, 0.05) is 18.3 Å². The molecule has 0 aliphatic rings. The maximum absolute atomic E-state index is 9.10. The number of rotatable bonds is 1. The van der Waals surface area contributed by atoms with Crippen molar-refractivity contribution in [2.24, 2.45) is 7.05 Å². The van der Waals surface area contributed by atoms with Gasteiger partial charge < -0.3 is 14.8 Å². The summed E-state index contributed by atoms with van der Waals surface area (Å²) in [4.78, 5) is 18.2. The summed E-state index contributed by atoms with van der Waals surface area (Å²) in [6.45, 7) is 2.19. The van der Waals surface area contributed by atoms with E-state index in [1.54, 1.807) is 0 Å². The maximum atomic E-state index is 9.10. The van der Waals surface area contributed by atoms with Gasteiger partial charge in [0.05, 0.1) is 0 Å². The van der Waals surface area contributed by atoms with E-state index in [-0.39, 0.29) is 0 Å². The summed E-state index contributed by atoms with van der Waals surface area (Å²) < 4.78 is 2.26. The third-order valence-electron chi connectivity index (χ3n) is 2.60. The second-order valence-electron chi connectivity index (χ2n) is 3.72. The Balaban J connectivity index is 0.000000232. The molecule has 2 N–H and O–H groups in total. The molecular formula is C13H15NO4. The van der Waals surface area contributed by atoms with Gasteiger partial charge in [-0.3, -0.25) is 0 Å². The van der Waals surface area contributed by atoms with Crippen LogP contribution in [0.5, 0.6) is 0 Å². The number of carboxylic acids is 2. The van der Waals surface area contributed by atoms with Gasteiger partial charge in [0.15, 0.2) is 0 Å². The van der Waals surface area contributed by atoms with E-state index in [0.29, 0.717) is 0 Å². The van der Waals surface area contributed by atoms with Crippen LogP contribution in [0.1, 0.15) is 12.6 Å². The van der Waals surface area contributed by atoms with Gasteiger partial charge in [-0.15, -0.1) is 0 Å². The molecule has 1 aromatic carbocycles. The van der Waals surface area contributed by atoms with Crippen LogP contribution in [-0.2, 0) is 23.1 Å². The number of aromatic nitrogens is 1. The summed E-state index contributed by atoms with van der Waals surface area (Å²) >= 11 is 0. The second kappa shape index (κ2) is 5.86. The molecule has 0 aliphatic heterocycles. The van der Waals surface area contributed by atoms with E-state index in [4.69, 9.17) is 19.8 Å². The second-order valence-corrected chi connectivity index (χ2v) is 3.72. The molecule has 0 saturated carbocycles. The number of hydrogen-bond acceptors (Lipinski definition) is 2. The molecule has 0 spiro atoms. The van der Waals surface area contributed by atoms with Crippen molar-refractivity contribution in [2.75, 3.05) is 0 Å². The van der Waals surface area contributed by atoms with E-state index in [2.05, 4.69) is 48.9 Å². The Bertz CT molecular complexity index is 559. The number of nitrogens with zero attached hydrogens (tertiary/aromatic N) is 1. The Morgan fingerprint density at radius 3 is 2.17 bits per heavy atom. The molecule has 0 aliphatic carbocycles. The molecule has 5 heteroatoms. The quantitative estimate of drug-likeness (QED) is 0.756. The summed E-state index contributed by atoms with van der Waals surface area (Å²) in [7, 11) is 2.13. The lowest BCUT2D eigenvalue weighted by Gasteiger charge is -1.99. The molecule has 1 aromatic heterocycles. The lowest BCUT2D eigenvalue weighted by molar-refractivity contribution is -0.159. The molecule has 96 valence electrons. The summed E-state index contributed by atoms with van der Waals surface area (Å²) in [6, 6.07) is 10.8. The van der Waals surface area contributed by atoms with Gasteiger partial charge in [-0.25, -0.2) is 9.59 Å². The van der Waals surface area contributed by atoms with E-state index >= 15 is 0 Å². The van der Waals surface area contributed by atoms with Crippen LogP contribution in [0.4, 0.5) is 0 Å². The molecule has 18 heavy (non-hydrogen) atoms. The third-order valence-corrected chi connectivity index (χ3v) is 2.60. The Labute approximate surface area is 104 Å². The van der Waals surface area contributed by atoms with Gasteiger partial charge in [-0.05, 0) is 23.9 Å². The van der Waals surface area contributed by atoms with E-state index in [0.717, 1.165) is 6.42 Å². The fourth-order valence-corrected chi connectivity index (χ4v) is 1.69. The summed E-state index contributed by atoms with van der Waals surface area (Å²) in [5.41, 5.74) is 2.73. The fourth-order valence-electron chi connectivity index (χ4n) is 1.69. The molecule has 0 amide bonds. The predicted octanol–water partition coefficient (Wildman–Crippen LogP) is 1.90. The van der Waals surface area contributed by atoms with E-state index in [1.165, 1.54) is 16.6 Å². The molecule has 0 unspecified atom stereocenters. The van der Waals surface area contributed by atoms with Crippen molar-refractivity contribution in [3.8, 4) is 0 Å². The zero-order valence-electron chi connectivity index (χ0n) is 10.3. The Kier molecular flexibility index (Phi) is 4.48. The largest absolute Gasteiger partial charge is 0.473 e. The lowest BCUT2D eigenvalue weighted by Crippen LogP contribution is -2.09. The average molecular weight is 249 g/mol. The van der Waals surface area contributed by atoms with Crippen LogP contribution in [0.3, 0.4) is 0 Å².